The summed E-state index contributed by atoms with van der Waals surface area (Å²) in [6, 6.07) is 19.0. The summed E-state index contributed by atoms with van der Waals surface area (Å²) in [5.41, 5.74) is 1.25. The summed E-state index contributed by atoms with van der Waals surface area (Å²) in [5, 5.41) is 6.54. The first-order valence-corrected chi connectivity index (χ1v) is 11.8. The van der Waals surface area contributed by atoms with Gasteiger partial charge in [0.1, 0.15) is 0 Å². The molecule has 0 amide bonds. The quantitative estimate of drug-likeness (QED) is 0.171. The lowest BCUT2D eigenvalue weighted by Crippen LogP contribution is -2.45. The lowest BCUT2D eigenvalue weighted by molar-refractivity contribution is 0.219. The van der Waals surface area contributed by atoms with Crippen molar-refractivity contribution in [2.24, 2.45) is 4.99 Å². The first-order valence-electron chi connectivity index (χ1n) is 10.3. The average Bonchev–Trinajstić information content (AvgIpc) is 2.79. The Bertz CT molecular complexity index is 875. The zero-order valence-electron chi connectivity index (χ0n) is 18.4. The Balaban J connectivity index is 0.00000480. The Morgan fingerprint density at radius 2 is 1.52 bits per heavy atom. The largest absolute Gasteiger partial charge is 0.355 e. The third-order valence-corrected chi connectivity index (χ3v) is 6.36. The molecule has 0 saturated carbocycles. The van der Waals surface area contributed by atoms with E-state index in [-0.39, 0.29) is 41.5 Å². The topological polar surface area (TPSA) is 85.8 Å². The van der Waals surface area contributed by atoms with Crippen LogP contribution in [0.1, 0.15) is 25.5 Å². The van der Waals surface area contributed by atoms with E-state index in [1.165, 1.54) is 5.56 Å². The summed E-state index contributed by atoms with van der Waals surface area (Å²) < 4.78 is 27.1. The van der Waals surface area contributed by atoms with E-state index in [9.17, 15) is 8.42 Å². The molecule has 0 aliphatic rings. The minimum absolute atomic E-state index is 0. The van der Waals surface area contributed by atoms with Crippen molar-refractivity contribution in [1.82, 2.24) is 20.3 Å². The number of rotatable bonds is 11. The molecule has 31 heavy (non-hydrogen) atoms. The number of likely N-dealkylation sites (N-methyl/N-ethyl adjacent to an activating group) is 1. The van der Waals surface area contributed by atoms with Gasteiger partial charge < -0.3 is 10.6 Å². The van der Waals surface area contributed by atoms with Crippen molar-refractivity contribution in [1.29, 1.82) is 0 Å². The number of hydrogen-bond acceptors (Lipinski definition) is 4. The lowest BCUT2D eigenvalue weighted by Gasteiger charge is -2.30. The monoisotopic (exact) mass is 559 g/mol. The molecule has 1 atom stereocenters. The van der Waals surface area contributed by atoms with E-state index in [1.807, 2.05) is 6.07 Å². The molecule has 0 radical (unpaired) electrons. The molecule has 0 aromatic heterocycles. The van der Waals surface area contributed by atoms with Gasteiger partial charge in [-0.1, -0.05) is 62.4 Å². The summed E-state index contributed by atoms with van der Waals surface area (Å²) >= 11 is 0. The number of benzene rings is 2. The molecular weight excluding hydrogens is 525 g/mol. The minimum atomic E-state index is -3.50. The fourth-order valence-electron chi connectivity index (χ4n) is 3.26. The number of halogens is 1. The second-order valence-corrected chi connectivity index (χ2v) is 8.51. The number of aliphatic imine (C=N–C) groups is 1. The van der Waals surface area contributed by atoms with Crippen LogP contribution in [0.5, 0.6) is 0 Å². The Hall–Kier alpha value is -1.69. The lowest BCUT2D eigenvalue weighted by atomic mass is 10.1. The SMILES string of the molecule is CCN(CC)C(CNC(=NC)NCCNS(=O)(=O)c1ccccc1)c1ccccc1.I. The van der Waals surface area contributed by atoms with Gasteiger partial charge in [0.25, 0.3) is 0 Å². The second-order valence-electron chi connectivity index (χ2n) is 6.74. The zero-order valence-corrected chi connectivity index (χ0v) is 21.6. The molecule has 0 aliphatic carbocycles. The maximum Gasteiger partial charge on any atom is 0.240 e. The smallest absolute Gasteiger partial charge is 0.240 e. The molecule has 2 aromatic carbocycles. The number of guanidine groups is 1. The van der Waals surface area contributed by atoms with Gasteiger partial charge in [-0.25, -0.2) is 13.1 Å². The molecular formula is C22H34IN5O2S. The highest BCUT2D eigenvalue weighted by Gasteiger charge is 2.18. The van der Waals surface area contributed by atoms with Crippen molar-refractivity contribution in [2.75, 3.05) is 39.8 Å². The second kappa shape index (κ2) is 14.4. The minimum Gasteiger partial charge on any atom is -0.355 e. The molecule has 0 bridgehead atoms. The van der Waals surface area contributed by atoms with Gasteiger partial charge in [-0.15, -0.1) is 24.0 Å². The van der Waals surface area contributed by atoms with Crippen molar-refractivity contribution >= 4 is 40.0 Å². The first kappa shape index (κ1) is 27.3. The van der Waals surface area contributed by atoms with Crippen LogP contribution >= 0.6 is 24.0 Å². The van der Waals surface area contributed by atoms with Crippen molar-refractivity contribution < 1.29 is 8.42 Å². The van der Waals surface area contributed by atoms with Gasteiger partial charge in [0, 0.05) is 26.7 Å². The number of hydrogen-bond donors (Lipinski definition) is 3. The third kappa shape index (κ3) is 8.76. The fourth-order valence-corrected chi connectivity index (χ4v) is 4.31. The average molecular weight is 560 g/mol. The highest BCUT2D eigenvalue weighted by Crippen LogP contribution is 2.19. The Kier molecular flexibility index (Phi) is 12.7. The molecule has 0 spiro atoms. The highest BCUT2D eigenvalue weighted by molar-refractivity contribution is 14.0. The number of sulfonamides is 1. The van der Waals surface area contributed by atoms with Gasteiger partial charge >= 0.3 is 0 Å². The maximum absolute atomic E-state index is 12.3. The maximum atomic E-state index is 12.3. The van der Waals surface area contributed by atoms with Crippen LogP contribution in [0.4, 0.5) is 0 Å². The number of nitrogens with zero attached hydrogens (tertiary/aromatic N) is 2. The first-order chi connectivity index (χ1) is 14.5. The molecule has 7 nitrogen and oxygen atoms in total. The van der Waals surface area contributed by atoms with Gasteiger partial charge in [0.15, 0.2) is 5.96 Å². The fraction of sp³-hybridized carbons (Fsp3) is 0.409. The van der Waals surface area contributed by atoms with E-state index in [0.717, 1.165) is 13.1 Å². The van der Waals surface area contributed by atoms with Gasteiger partial charge in [0.2, 0.25) is 10.0 Å². The standard InChI is InChI=1S/C22H33N5O2S.HI/c1-4-27(5-2)21(19-12-8-6-9-13-19)18-25-22(23-3)24-16-17-26-30(28,29)20-14-10-7-11-15-20;/h6-15,21,26H,4-5,16-18H2,1-3H3,(H2,23,24,25);1H. The summed E-state index contributed by atoms with van der Waals surface area (Å²) in [6.45, 7) is 7.59. The molecule has 3 N–H and O–H groups in total. The Labute approximate surface area is 203 Å². The van der Waals surface area contributed by atoms with E-state index in [4.69, 9.17) is 0 Å². The normalized spacial score (nSPS) is 12.8. The van der Waals surface area contributed by atoms with Gasteiger partial charge in [-0.3, -0.25) is 9.89 Å². The molecule has 0 heterocycles. The molecule has 2 rings (SSSR count). The van der Waals surface area contributed by atoms with Gasteiger partial charge in [0.05, 0.1) is 10.9 Å². The van der Waals surface area contributed by atoms with Crippen LogP contribution in [-0.2, 0) is 10.0 Å². The van der Waals surface area contributed by atoms with Gasteiger partial charge in [-0.05, 0) is 30.8 Å². The van der Waals surface area contributed by atoms with Crippen LogP contribution in [0.25, 0.3) is 0 Å². The summed E-state index contributed by atoms with van der Waals surface area (Å²) in [4.78, 5) is 6.91. The van der Waals surface area contributed by atoms with Crippen molar-refractivity contribution in [3.05, 3.63) is 66.2 Å². The summed E-state index contributed by atoms with van der Waals surface area (Å²) in [6.07, 6.45) is 0. The molecule has 172 valence electrons. The van der Waals surface area contributed by atoms with Crippen LogP contribution in [-0.4, -0.2) is 59.0 Å². The van der Waals surface area contributed by atoms with Crippen LogP contribution in [0.3, 0.4) is 0 Å². The zero-order chi connectivity index (χ0) is 21.8. The Morgan fingerprint density at radius 1 is 0.935 bits per heavy atom. The predicted octanol–water partition coefficient (Wildman–Crippen LogP) is 2.83. The van der Waals surface area contributed by atoms with Crippen LogP contribution in [0, 0.1) is 0 Å². The van der Waals surface area contributed by atoms with Crippen molar-refractivity contribution in [2.45, 2.75) is 24.8 Å². The molecule has 9 heteroatoms. The summed E-state index contributed by atoms with van der Waals surface area (Å²) in [5.74, 6) is 0.641. The summed E-state index contributed by atoms with van der Waals surface area (Å²) in [7, 11) is -1.79. The Morgan fingerprint density at radius 3 is 2.06 bits per heavy atom. The molecule has 0 fully saturated rings. The predicted molar refractivity (Wildman–Crippen MR) is 139 cm³/mol. The van der Waals surface area contributed by atoms with Crippen molar-refractivity contribution in [3.63, 3.8) is 0 Å². The van der Waals surface area contributed by atoms with E-state index in [2.05, 4.69) is 63.4 Å². The van der Waals surface area contributed by atoms with Crippen LogP contribution in [0.15, 0.2) is 70.6 Å². The number of nitrogens with one attached hydrogen (secondary N) is 3. The van der Waals surface area contributed by atoms with Crippen LogP contribution < -0.4 is 15.4 Å². The van der Waals surface area contributed by atoms with E-state index in [1.54, 1.807) is 37.4 Å². The van der Waals surface area contributed by atoms with Crippen LogP contribution in [0.2, 0.25) is 0 Å². The van der Waals surface area contributed by atoms with E-state index in [0.29, 0.717) is 19.0 Å². The molecule has 1 unspecified atom stereocenters. The van der Waals surface area contributed by atoms with Crippen molar-refractivity contribution in [3.8, 4) is 0 Å². The molecule has 0 aliphatic heterocycles. The van der Waals surface area contributed by atoms with E-state index < -0.39 is 10.0 Å². The molecule has 2 aromatic rings. The van der Waals surface area contributed by atoms with E-state index >= 15 is 0 Å². The third-order valence-electron chi connectivity index (χ3n) is 4.89. The highest BCUT2D eigenvalue weighted by atomic mass is 127. The van der Waals surface area contributed by atoms with Gasteiger partial charge in [-0.2, -0.15) is 0 Å². The molecule has 0 saturated heterocycles.